The van der Waals surface area contributed by atoms with Crippen LogP contribution in [0.2, 0.25) is 0 Å². The largest absolute Gasteiger partial charge is 0.494 e. The Balaban J connectivity index is 1.69. The van der Waals surface area contributed by atoms with Gasteiger partial charge in [-0.1, -0.05) is 0 Å². The van der Waals surface area contributed by atoms with E-state index < -0.39 is 6.03 Å². The maximum Gasteiger partial charge on any atom is 0.315 e. The van der Waals surface area contributed by atoms with Gasteiger partial charge in [0.15, 0.2) is 0 Å². The molecule has 134 valence electrons. The Kier molecular flexibility index (Phi) is 6.82. The molecule has 0 unspecified atom stereocenters. The van der Waals surface area contributed by atoms with E-state index >= 15 is 0 Å². The highest BCUT2D eigenvalue weighted by Gasteiger charge is 2.09. The van der Waals surface area contributed by atoms with Crippen LogP contribution in [0, 0.1) is 0 Å². The van der Waals surface area contributed by atoms with Crippen molar-refractivity contribution in [3.63, 3.8) is 0 Å². The molecule has 1 aromatic heterocycles. The van der Waals surface area contributed by atoms with Crippen molar-refractivity contribution in [2.45, 2.75) is 26.4 Å². The molecule has 0 aliphatic rings. The van der Waals surface area contributed by atoms with E-state index in [1.165, 1.54) is 0 Å². The van der Waals surface area contributed by atoms with Crippen LogP contribution in [0.5, 0.6) is 5.75 Å². The first-order chi connectivity index (χ1) is 12.1. The van der Waals surface area contributed by atoms with Gasteiger partial charge >= 0.3 is 6.03 Å². The van der Waals surface area contributed by atoms with Gasteiger partial charge in [-0.05, 0) is 38.1 Å². The Bertz CT molecular complexity index is 670. The normalized spacial score (nSPS) is 11.4. The average molecular weight is 345 g/mol. The molecule has 0 aliphatic carbocycles. The van der Waals surface area contributed by atoms with Gasteiger partial charge in [0.1, 0.15) is 5.75 Å². The summed E-state index contributed by atoms with van der Waals surface area (Å²) in [5.41, 5.74) is 0.643. The number of anilines is 1. The molecule has 0 aliphatic heterocycles. The molecule has 0 saturated heterocycles. The lowest BCUT2D eigenvalue weighted by molar-refractivity contribution is -0.115. The van der Waals surface area contributed by atoms with Gasteiger partial charge in [0.05, 0.1) is 19.5 Å². The number of amides is 3. The maximum absolute atomic E-state index is 11.9. The molecule has 0 fully saturated rings. The van der Waals surface area contributed by atoms with Crippen LogP contribution in [0.25, 0.3) is 0 Å². The summed E-state index contributed by atoms with van der Waals surface area (Å²) in [6.07, 6.45) is 5.18. The van der Waals surface area contributed by atoms with Gasteiger partial charge in [0, 0.05) is 30.7 Å². The monoisotopic (exact) mass is 345 g/mol. The summed E-state index contributed by atoms with van der Waals surface area (Å²) in [6.45, 7) is 4.86. The van der Waals surface area contributed by atoms with Crippen LogP contribution in [0.15, 0.2) is 43.0 Å². The molecule has 2 aromatic rings. The Hall–Kier alpha value is -3.03. The van der Waals surface area contributed by atoms with Crippen LogP contribution in [0.1, 0.15) is 13.8 Å². The molecule has 8 nitrogen and oxygen atoms in total. The molecule has 8 heteroatoms. The fourth-order valence-corrected chi connectivity index (χ4v) is 2.20. The Morgan fingerprint density at radius 1 is 1.28 bits per heavy atom. The number of nitrogens with zero attached hydrogens (tertiary/aromatic N) is 2. The van der Waals surface area contributed by atoms with E-state index in [1.54, 1.807) is 36.8 Å². The lowest BCUT2D eigenvalue weighted by Crippen LogP contribution is -2.44. The summed E-state index contributed by atoms with van der Waals surface area (Å²) >= 11 is 0. The summed E-state index contributed by atoms with van der Waals surface area (Å²) in [5, 5.41) is 8.00. The molecule has 1 atom stereocenters. The number of ether oxygens (including phenoxy) is 1. The zero-order valence-corrected chi connectivity index (χ0v) is 14.4. The van der Waals surface area contributed by atoms with Gasteiger partial charge in [0.25, 0.3) is 0 Å². The predicted molar refractivity (Wildman–Crippen MR) is 94.5 cm³/mol. The highest BCUT2D eigenvalue weighted by atomic mass is 16.5. The van der Waals surface area contributed by atoms with Crippen LogP contribution < -0.4 is 20.7 Å². The topological polar surface area (TPSA) is 97.3 Å². The highest BCUT2D eigenvalue weighted by Crippen LogP contribution is 2.15. The van der Waals surface area contributed by atoms with Gasteiger partial charge in [0.2, 0.25) is 5.91 Å². The molecule has 1 aromatic carbocycles. The lowest BCUT2D eigenvalue weighted by Gasteiger charge is -2.15. The lowest BCUT2D eigenvalue weighted by atomic mass is 10.3. The third-order valence-electron chi connectivity index (χ3n) is 3.28. The van der Waals surface area contributed by atoms with Gasteiger partial charge in [-0.15, -0.1) is 0 Å². The van der Waals surface area contributed by atoms with Crippen LogP contribution in [0.4, 0.5) is 10.5 Å². The van der Waals surface area contributed by atoms with E-state index in [2.05, 4.69) is 20.9 Å². The first-order valence-corrected chi connectivity index (χ1v) is 8.09. The molecule has 0 spiro atoms. The zero-order valence-electron chi connectivity index (χ0n) is 14.4. The van der Waals surface area contributed by atoms with Crippen LogP contribution in [0.3, 0.4) is 0 Å². The van der Waals surface area contributed by atoms with Crippen LogP contribution >= 0.6 is 0 Å². The summed E-state index contributed by atoms with van der Waals surface area (Å²) < 4.78 is 7.20. The van der Waals surface area contributed by atoms with E-state index in [0.717, 1.165) is 5.75 Å². The SMILES string of the molecule is CCOc1ccc(NC(=O)CNC(=O)N[C@@H](C)Cn2ccnc2)cc1. The number of rotatable bonds is 8. The first kappa shape index (κ1) is 18.3. The first-order valence-electron chi connectivity index (χ1n) is 8.09. The maximum atomic E-state index is 11.9. The third kappa shape index (κ3) is 6.54. The molecule has 3 N–H and O–H groups in total. The molecule has 0 radical (unpaired) electrons. The summed E-state index contributed by atoms with van der Waals surface area (Å²) in [5.74, 6) is 0.437. The molecule has 3 amide bonds. The van der Waals surface area contributed by atoms with Crippen molar-refractivity contribution in [1.29, 1.82) is 0 Å². The molecule has 25 heavy (non-hydrogen) atoms. The number of carbonyl (C=O) groups is 2. The number of hydrogen-bond acceptors (Lipinski definition) is 4. The number of hydrogen-bond donors (Lipinski definition) is 3. The fraction of sp³-hybridized carbons (Fsp3) is 0.353. The number of nitrogens with one attached hydrogen (secondary N) is 3. The second kappa shape index (κ2) is 9.31. The predicted octanol–water partition coefficient (Wildman–Crippen LogP) is 1.61. The fourth-order valence-electron chi connectivity index (χ4n) is 2.20. The van der Waals surface area contributed by atoms with Gasteiger partial charge < -0.3 is 25.3 Å². The second-order valence-corrected chi connectivity index (χ2v) is 5.49. The summed E-state index contributed by atoms with van der Waals surface area (Å²) in [6, 6.07) is 6.55. The number of urea groups is 1. The van der Waals surface area contributed by atoms with E-state index in [-0.39, 0.29) is 18.5 Å². The van der Waals surface area contributed by atoms with Gasteiger partial charge in [-0.25, -0.2) is 9.78 Å². The summed E-state index contributed by atoms with van der Waals surface area (Å²) in [7, 11) is 0. The van der Waals surface area contributed by atoms with Crippen molar-refractivity contribution >= 4 is 17.6 Å². The molecular formula is C17H23N5O3. The van der Waals surface area contributed by atoms with Crippen molar-refractivity contribution < 1.29 is 14.3 Å². The van der Waals surface area contributed by atoms with E-state index in [9.17, 15) is 9.59 Å². The van der Waals surface area contributed by atoms with Crippen molar-refractivity contribution in [3.05, 3.63) is 43.0 Å². The molecular weight excluding hydrogens is 322 g/mol. The zero-order chi connectivity index (χ0) is 18.1. The minimum absolute atomic E-state index is 0.0941. The number of benzene rings is 1. The minimum atomic E-state index is -0.394. The smallest absolute Gasteiger partial charge is 0.315 e. The van der Waals surface area contributed by atoms with E-state index in [0.29, 0.717) is 18.8 Å². The van der Waals surface area contributed by atoms with Crippen molar-refractivity contribution in [3.8, 4) is 5.75 Å². The van der Waals surface area contributed by atoms with Crippen LogP contribution in [-0.2, 0) is 11.3 Å². The second-order valence-electron chi connectivity index (χ2n) is 5.49. The molecule has 0 saturated carbocycles. The van der Waals surface area contributed by atoms with Crippen molar-refractivity contribution in [2.24, 2.45) is 0 Å². The van der Waals surface area contributed by atoms with E-state index in [1.807, 2.05) is 24.6 Å². The molecule has 2 rings (SSSR count). The average Bonchev–Trinajstić information content (AvgIpc) is 3.08. The number of imidazole rings is 1. The summed E-state index contributed by atoms with van der Waals surface area (Å²) in [4.78, 5) is 27.6. The van der Waals surface area contributed by atoms with E-state index in [4.69, 9.17) is 4.74 Å². The minimum Gasteiger partial charge on any atom is -0.494 e. The molecule has 1 heterocycles. The standard InChI is InChI=1S/C17H23N5O3/c1-3-25-15-6-4-14(5-7-15)21-16(23)10-19-17(24)20-13(2)11-22-9-8-18-12-22/h4-9,12-13H,3,10-11H2,1-2H3,(H,21,23)(H2,19,20,24)/t13-/m0/s1. The third-order valence-corrected chi connectivity index (χ3v) is 3.28. The van der Waals surface area contributed by atoms with Gasteiger partial charge in [-0.3, -0.25) is 4.79 Å². The van der Waals surface area contributed by atoms with Crippen molar-refractivity contribution in [1.82, 2.24) is 20.2 Å². The number of carbonyl (C=O) groups excluding carboxylic acids is 2. The van der Waals surface area contributed by atoms with Gasteiger partial charge in [-0.2, -0.15) is 0 Å². The Morgan fingerprint density at radius 2 is 2.04 bits per heavy atom. The Morgan fingerprint density at radius 3 is 2.68 bits per heavy atom. The Labute approximate surface area is 146 Å². The molecule has 0 bridgehead atoms. The number of aromatic nitrogens is 2. The highest BCUT2D eigenvalue weighted by molar-refractivity contribution is 5.94. The quantitative estimate of drug-likeness (QED) is 0.677. The van der Waals surface area contributed by atoms with Crippen LogP contribution in [-0.4, -0.2) is 40.7 Å². The van der Waals surface area contributed by atoms with Crippen molar-refractivity contribution in [2.75, 3.05) is 18.5 Å².